The Morgan fingerprint density at radius 2 is 1.90 bits per heavy atom. The number of nitrogens with zero attached hydrogens (tertiary/aromatic N) is 2. The first kappa shape index (κ1) is 21.7. The van der Waals surface area contributed by atoms with Crippen LogP contribution in [0.5, 0.6) is 0 Å². The van der Waals surface area contributed by atoms with E-state index in [1.54, 1.807) is 13.1 Å². The maximum Gasteiger partial charge on any atom is 0.416 e. The van der Waals surface area contributed by atoms with Crippen molar-refractivity contribution < 1.29 is 22.8 Å². The van der Waals surface area contributed by atoms with Crippen LogP contribution in [0.3, 0.4) is 0 Å². The summed E-state index contributed by atoms with van der Waals surface area (Å²) in [4.78, 5) is 28.5. The molecule has 2 fully saturated rings. The molecule has 1 saturated carbocycles. The Hall–Kier alpha value is -2.05. The van der Waals surface area contributed by atoms with Gasteiger partial charge in [-0.1, -0.05) is 31.4 Å². The standard InChI is InChI=1S/C22H29F3N2O2/c1-26(13-17-8-5-9-19(12-17)22(23,24)25)21(29)18-10-11-20(28)27(15-18)14-16-6-3-2-4-7-16/h5,8-9,12,16,18H,2-4,6-7,10-11,13-15H2,1H3/t18-/m0/s1. The van der Waals surface area contributed by atoms with E-state index in [0.717, 1.165) is 31.5 Å². The number of hydrogen-bond acceptors (Lipinski definition) is 2. The van der Waals surface area contributed by atoms with Crippen molar-refractivity contribution in [3.63, 3.8) is 0 Å². The highest BCUT2D eigenvalue weighted by Gasteiger charge is 2.34. The highest BCUT2D eigenvalue weighted by molar-refractivity contribution is 5.83. The minimum Gasteiger partial charge on any atom is -0.342 e. The summed E-state index contributed by atoms with van der Waals surface area (Å²) in [5.41, 5.74) is -0.264. The average molecular weight is 410 g/mol. The van der Waals surface area contributed by atoms with Crippen molar-refractivity contribution in [2.75, 3.05) is 20.1 Å². The number of rotatable bonds is 5. The molecule has 1 heterocycles. The zero-order valence-electron chi connectivity index (χ0n) is 16.9. The summed E-state index contributed by atoms with van der Waals surface area (Å²) in [5.74, 6) is 0.236. The minimum atomic E-state index is -4.40. The maximum atomic E-state index is 12.9. The lowest BCUT2D eigenvalue weighted by molar-refractivity contribution is -0.143. The van der Waals surface area contributed by atoms with Gasteiger partial charge < -0.3 is 9.80 Å². The normalized spacial score (nSPS) is 21.3. The van der Waals surface area contributed by atoms with E-state index in [1.165, 1.54) is 30.2 Å². The van der Waals surface area contributed by atoms with Gasteiger partial charge in [0.05, 0.1) is 11.5 Å². The van der Waals surface area contributed by atoms with E-state index in [4.69, 9.17) is 0 Å². The van der Waals surface area contributed by atoms with Crippen LogP contribution in [0.25, 0.3) is 0 Å². The molecule has 1 aromatic rings. The second-order valence-electron chi connectivity index (χ2n) is 8.43. The van der Waals surface area contributed by atoms with Gasteiger partial charge in [-0.15, -0.1) is 0 Å². The van der Waals surface area contributed by atoms with Gasteiger partial charge in [0.25, 0.3) is 0 Å². The van der Waals surface area contributed by atoms with Crippen molar-refractivity contribution in [3.8, 4) is 0 Å². The number of piperidine rings is 1. The number of amides is 2. The molecule has 4 nitrogen and oxygen atoms in total. The summed E-state index contributed by atoms with van der Waals surface area (Å²) in [6, 6.07) is 5.07. The largest absolute Gasteiger partial charge is 0.416 e. The Labute approximate surface area is 170 Å². The van der Waals surface area contributed by atoms with Gasteiger partial charge in [0.2, 0.25) is 11.8 Å². The number of alkyl halides is 3. The van der Waals surface area contributed by atoms with Gasteiger partial charge in [0.1, 0.15) is 0 Å². The topological polar surface area (TPSA) is 40.6 Å². The summed E-state index contributed by atoms with van der Waals surface area (Å²) < 4.78 is 38.7. The molecule has 1 atom stereocenters. The number of hydrogen-bond donors (Lipinski definition) is 0. The molecule has 2 amide bonds. The molecule has 0 radical (unpaired) electrons. The molecule has 160 valence electrons. The van der Waals surface area contributed by atoms with E-state index >= 15 is 0 Å². The van der Waals surface area contributed by atoms with Crippen molar-refractivity contribution in [2.24, 2.45) is 11.8 Å². The van der Waals surface area contributed by atoms with E-state index in [9.17, 15) is 22.8 Å². The van der Waals surface area contributed by atoms with E-state index in [0.29, 0.717) is 30.9 Å². The second-order valence-corrected chi connectivity index (χ2v) is 8.43. The molecule has 1 aromatic carbocycles. The molecule has 0 spiro atoms. The van der Waals surface area contributed by atoms with Crippen LogP contribution in [0.15, 0.2) is 24.3 Å². The second kappa shape index (κ2) is 9.18. The molecule has 0 bridgehead atoms. The predicted molar refractivity (Wildman–Crippen MR) is 104 cm³/mol. The summed E-state index contributed by atoms with van der Waals surface area (Å²) >= 11 is 0. The van der Waals surface area contributed by atoms with Gasteiger partial charge in [-0.2, -0.15) is 13.2 Å². The van der Waals surface area contributed by atoms with Crippen LogP contribution in [0.4, 0.5) is 13.2 Å². The molecule has 1 saturated heterocycles. The van der Waals surface area contributed by atoms with Crippen LogP contribution in [0.1, 0.15) is 56.1 Å². The molecule has 7 heteroatoms. The highest BCUT2D eigenvalue weighted by atomic mass is 19.4. The van der Waals surface area contributed by atoms with E-state index in [2.05, 4.69) is 0 Å². The number of carbonyl (C=O) groups excluding carboxylic acids is 2. The summed E-state index contributed by atoms with van der Waals surface area (Å²) in [5, 5.41) is 0. The molecule has 0 N–H and O–H groups in total. The molecule has 0 unspecified atom stereocenters. The van der Waals surface area contributed by atoms with Crippen LogP contribution in [-0.4, -0.2) is 41.8 Å². The van der Waals surface area contributed by atoms with Crippen LogP contribution in [-0.2, 0) is 22.3 Å². The van der Waals surface area contributed by atoms with E-state index in [-0.39, 0.29) is 24.3 Å². The van der Waals surface area contributed by atoms with E-state index in [1.807, 2.05) is 4.90 Å². The molecule has 0 aromatic heterocycles. The lowest BCUT2D eigenvalue weighted by atomic mass is 9.87. The monoisotopic (exact) mass is 410 g/mol. The summed E-state index contributed by atoms with van der Waals surface area (Å²) in [7, 11) is 1.62. The third-order valence-corrected chi connectivity index (χ3v) is 6.10. The van der Waals surface area contributed by atoms with Crippen LogP contribution in [0, 0.1) is 11.8 Å². The third kappa shape index (κ3) is 5.73. The first-order valence-corrected chi connectivity index (χ1v) is 10.4. The predicted octanol–water partition coefficient (Wildman–Crippen LogP) is 4.48. The summed E-state index contributed by atoms with van der Waals surface area (Å²) in [6.45, 7) is 1.26. The maximum absolute atomic E-state index is 12.9. The van der Waals surface area contributed by atoms with Crippen LogP contribution < -0.4 is 0 Å². The SMILES string of the molecule is CN(Cc1cccc(C(F)(F)F)c1)C(=O)[C@H]1CCC(=O)N(CC2CCCCC2)C1. The first-order valence-electron chi connectivity index (χ1n) is 10.4. The zero-order chi connectivity index (χ0) is 21.0. The quantitative estimate of drug-likeness (QED) is 0.718. The van der Waals surface area contributed by atoms with Crippen LogP contribution >= 0.6 is 0 Å². The fourth-order valence-corrected chi connectivity index (χ4v) is 4.48. The Bertz CT molecular complexity index is 729. The van der Waals surface area contributed by atoms with Gasteiger partial charge in [-0.3, -0.25) is 9.59 Å². The van der Waals surface area contributed by atoms with Gasteiger partial charge in [-0.05, 0) is 42.9 Å². The van der Waals surface area contributed by atoms with Gasteiger partial charge in [-0.25, -0.2) is 0 Å². The Balaban J connectivity index is 1.59. The number of benzene rings is 1. The van der Waals surface area contributed by atoms with Gasteiger partial charge >= 0.3 is 6.18 Å². The average Bonchev–Trinajstić information content (AvgIpc) is 2.69. The summed E-state index contributed by atoms with van der Waals surface area (Å²) in [6.07, 6.45) is 2.40. The van der Waals surface area contributed by atoms with E-state index < -0.39 is 11.7 Å². The lowest BCUT2D eigenvalue weighted by Gasteiger charge is -2.36. The van der Waals surface area contributed by atoms with Gasteiger partial charge in [0, 0.05) is 33.1 Å². The number of likely N-dealkylation sites (tertiary alicyclic amines) is 1. The number of halogens is 3. The Morgan fingerprint density at radius 3 is 2.59 bits per heavy atom. The van der Waals surface area contributed by atoms with Gasteiger partial charge in [0.15, 0.2) is 0 Å². The number of carbonyl (C=O) groups is 2. The molecular weight excluding hydrogens is 381 g/mol. The minimum absolute atomic E-state index is 0.108. The molecule has 29 heavy (non-hydrogen) atoms. The fraction of sp³-hybridized carbons (Fsp3) is 0.636. The van der Waals surface area contributed by atoms with Crippen molar-refractivity contribution in [1.29, 1.82) is 0 Å². The lowest BCUT2D eigenvalue weighted by Crippen LogP contribution is -2.47. The molecule has 1 aliphatic heterocycles. The Kier molecular flexibility index (Phi) is 6.85. The van der Waals surface area contributed by atoms with Crippen molar-refractivity contribution >= 4 is 11.8 Å². The molecule has 3 rings (SSSR count). The molecule has 2 aliphatic rings. The first-order chi connectivity index (χ1) is 13.7. The molecule has 1 aliphatic carbocycles. The van der Waals surface area contributed by atoms with Crippen molar-refractivity contribution in [3.05, 3.63) is 35.4 Å². The van der Waals surface area contributed by atoms with Crippen molar-refractivity contribution in [2.45, 2.75) is 57.7 Å². The Morgan fingerprint density at radius 1 is 1.17 bits per heavy atom. The van der Waals surface area contributed by atoms with Crippen LogP contribution in [0.2, 0.25) is 0 Å². The highest BCUT2D eigenvalue weighted by Crippen LogP contribution is 2.30. The van der Waals surface area contributed by atoms with Crippen molar-refractivity contribution in [1.82, 2.24) is 9.80 Å². The molecular formula is C22H29F3N2O2. The zero-order valence-corrected chi connectivity index (χ0v) is 16.9. The fourth-order valence-electron chi connectivity index (χ4n) is 4.48. The third-order valence-electron chi connectivity index (χ3n) is 6.10. The smallest absolute Gasteiger partial charge is 0.342 e.